The van der Waals surface area contributed by atoms with E-state index in [-0.39, 0.29) is 35.7 Å². The van der Waals surface area contributed by atoms with Crippen LogP contribution in [0.25, 0.3) is 0 Å². The van der Waals surface area contributed by atoms with Crippen molar-refractivity contribution in [3.63, 3.8) is 0 Å². The summed E-state index contributed by atoms with van der Waals surface area (Å²) in [6.07, 6.45) is -0.919. The molecule has 3 unspecified atom stereocenters. The zero-order valence-corrected chi connectivity index (χ0v) is 15.8. The molecule has 6 nitrogen and oxygen atoms in total. The summed E-state index contributed by atoms with van der Waals surface area (Å²) >= 11 is -1.85. The highest BCUT2D eigenvalue weighted by atomic mass is 32.2. The average molecular weight is 404 g/mol. The molecule has 0 radical (unpaired) electrons. The predicted molar refractivity (Wildman–Crippen MR) is 95.0 cm³/mol. The molecule has 0 aromatic carbocycles. The van der Waals surface area contributed by atoms with Crippen LogP contribution in [-0.4, -0.2) is 60.6 Å². The molecule has 1 N–H and O–H groups in total. The molecule has 1 aromatic rings. The number of hydrogen-bond donors (Lipinski definition) is 1. The van der Waals surface area contributed by atoms with Crippen LogP contribution < -0.4 is 4.90 Å². The molecule has 0 bridgehead atoms. The van der Waals surface area contributed by atoms with Gasteiger partial charge in [0.1, 0.15) is 5.69 Å². The van der Waals surface area contributed by atoms with Gasteiger partial charge >= 0.3 is 6.18 Å². The predicted octanol–water partition coefficient (Wildman–Crippen LogP) is 2.64. The molecule has 0 amide bonds. The Kier molecular flexibility index (Phi) is 4.92. The largest absolute Gasteiger partial charge is 0.433 e. The van der Waals surface area contributed by atoms with Crippen molar-refractivity contribution in [2.45, 2.75) is 62.8 Å². The minimum atomic E-state index is -4.51. The summed E-state index contributed by atoms with van der Waals surface area (Å²) in [4.78, 5) is 12.3. The van der Waals surface area contributed by atoms with Crippen LogP contribution in [0.4, 0.5) is 19.1 Å². The van der Waals surface area contributed by atoms with Crippen LogP contribution in [-0.2, 0) is 17.3 Å². The molecule has 4 rings (SSSR count). The fourth-order valence-corrected chi connectivity index (χ4v) is 5.18. The molecule has 6 atom stereocenters. The number of fused-ring (bicyclic) bond motifs is 1. The van der Waals surface area contributed by atoms with Gasteiger partial charge in [-0.25, -0.2) is 14.2 Å². The van der Waals surface area contributed by atoms with Crippen LogP contribution in [0, 0.1) is 0 Å². The van der Waals surface area contributed by atoms with E-state index in [1.165, 1.54) is 0 Å². The molecule has 10 heteroatoms. The van der Waals surface area contributed by atoms with E-state index in [4.69, 9.17) is 4.55 Å². The molecule has 27 heavy (non-hydrogen) atoms. The molecule has 150 valence electrons. The van der Waals surface area contributed by atoms with Gasteiger partial charge in [0.2, 0.25) is 5.95 Å². The summed E-state index contributed by atoms with van der Waals surface area (Å²) < 4.78 is 60.2. The third kappa shape index (κ3) is 3.84. The molecular weight excluding hydrogens is 381 g/mol. The van der Waals surface area contributed by atoms with Crippen molar-refractivity contribution < 1.29 is 21.9 Å². The number of aromatic nitrogens is 2. The molecule has 0 spiro atoms. The lowest BCUT2D eigenvalue weighted by atomic mass is 9.98. The number of alkyl halides is 3. The summed E-state index contributed by atoms with van der Waals surface area (Å²) in [6, 6.07) is 1.44. The third-order valence-corrected chi connectivity index (χ3v) is 6.61. The van der Waals surface area contributed by atoms with E-state index >= 15 is 0 Å². The quantitative estimate of drug-likeness (QED) is 0.615. The van der Waals surface area contributed by atoms with Crippen molar-refractivity contribution in [1.82, 2.24) is 14.9 Å². The van der Waals surface area contributed by atoms with Gasteiger partial charge in [0.25, 0.3) is 0 Å². The summed E-state index contributed by atoms with van der Waals surface area (Å²) in [7, 11) is 0. The molecule has 3 fully saturated rings. The van der Waals surface area contributed by atoms with E-state index in [1.54, 1.807) is 0 Å². The fourth-order valence-electron chi connectivity index (χ4n) is 4.47. The maximum Gasteiger partial charge on any atom is 0.433 e. The lowest BCUT2D eigenvalue weighted by molar-refractivity contribution is -0.141. The van der Waals surface area contributed by atoms with Crippen molar-refractivity contribution in [2.24, 2.45) is 0 Å². The Labute approximate surface area is 158 Å². The first-order chi connectivity index (χ1) is 12.7. The van der Waals surface area contributed by atoms with Gasteiger partial charge in [-0.2, -0.15) is 13.2 Å². The Balaban J connectivity index is 1.58. The molecule has 3 aliphatic heterocycles. The number of halogens is 3. The maximum atomic E-state index is 13.4. The number of nitrogens with zero attached hydrogens (tertiary/aromatic N) is 4. The van der Waals surface area contributed by atoms with E-state index in [0.717, 1.165) is 25.3 Å². The maximum absolute atomic E-state index is 13.4. The second-order valence-electron chi connectivity index (χ2n) is 7.77. The van der Waals surface area contributed by atoms with E-state index in [1.807, 2.05) is 11.8 Å². The van der Waals surface area contributed by atoms with Crippen LogP contribution in [0.3, 0.4) is 0 Å². The van der Waals surface area contributed by atoms with Crippen LogP contribution >= 0.6 is 0 Å². The lowest BCUT2D eigenvalue weighted by Gasteiger charge is -2.34. The second kappa shape index (κ2) is 6.97. The Morgan fingerprint density at radius 2 is 2.11 bits per heavy atom. The van der Waals surface area contributed by atoms with Crippen molar-refractivity contribution >= 4 is 17.0 Å². The summed E-state index contributed by atoms with van der Waals surface area (Å²) in [6.45, 7) is 3.25. The van der Waals surface area contributed by atoms with E-state index in [0.29, 0.717) is 25.2 Å². The summed E-state index contributed by atoms with van der Waals surface area (Å²) in [5.41, 5.74) is -0.454. The highest BCUT2D eigenvalue weighted by molar-refractivity contribution is 7.79. The summed E-state index contributed by atoms with van der Waals surface area (Å²) in [5, 5.41) is 0. The van der Waals surface area contributed by atoms with Gasteiger partial charge in [0.15, 0.2) is 11.1 Å². The van der Waals surface area contributed by atoms with Gasteiger partial charge in [0, 0.05) is 37.1 Å². The number of piperidine rings is 2. The van der Waals surface area contributed by atoms with Gasteiger partial charge in [-0.3, -0.25) is 4.90 Å². The van der Waals surface area contributed by atoms with Crippen LogP contribution in [0.5, 0.6) is 0 Å². The van der Waals surface area contributed by atoms with E-state index in [2.05, 4.69) is 14.9 Å². The smallest absolute Gasteiger partial charge is 0.338 e. The van der Waals surface area contributed by atoms with Gasteiger partial charge in [-0.1, -0.05) is 0 Å². The van der Waals surface area contributed by atoms with Gasteiger partial charge in [-0.15, -0.1) is 0 Å². The summed E-state index contributed by atoms with van der Waals surface area (Å²) in [5.74, 6) is 0.280. The van der Waals surface area contributed by atoms with Crippen molar-refractivity contribution in [1.29, 1.82) is 0 Å². The lowest BCUT2D eigenvalue weighted by Crippen LogP contribution is -2.39. The van der Waals surface area contributed by atoms with Gasteiger partial charge in [-0.05, 0) is 38.7 Å². The molecule has 4 heterocycles. The molecule has 1 aromatic heterocycles. The van der Waals surface area contributed by atoms with Crippen LogP contribution in [0.2, 0.25) is 0 Å². The first-order valence-corrected chi connectivity index (χ1v) is 10.6. The highest BCUT2D eigenvalue weighted by Crippen LogP contribution is 2.46. The fraction of sp³-hybridized carbons (Fsp3) is 0.765. The third-order valence-electron chi connectivity index (χ3n) is 5.98. The molecule has 3 saturated heterocycles. The minimum Gasteiger partial charge on any atom is -0.338 e. The van der Waals surface area contributed by atoms with Gasteiger partial charge < -0.3 is 9.45 Å². The topological polar surface area (TPSA) is 69.3 Å². The van der Waals surface area contributed by atoms with Crippen LogP contribution in [0.15, 0.2) is 6.07 Å². The van der Waals surface area contributed by atoms with E-state index in [9.17, 15) is 17.4 Å². The number of hydrogen-bond acceptors (Lipinski definition) is 5. The standard InChI is InChI=1S/C17H23F3N4O2S/c1-10-4-2-3-5-23(10)16-21-12(7-15(22-16)17(18,19)20)11-6-13-14(9-27(25)26)24(13)8-11/h7,10-11,13-14H,2-6,8-9H2,1H3,(H,25,26)/t10-,11?,13-,14+,24?/m0/s1. The highest BCUT2D eigenvalue weighted by Gasteiger charge is 2.55. The zero-order chi connectivity index (χ0) is 19.3. The Hall–Kier alpha value is -1.26. The SMILES string of the molecule is C[C@H]1CCCCN1c1nc(C2C[C@H]3[C@@H](CS(=O)O)N3C2)cc(C(F)(F)F)n1. The van der Waals surface area contributed by atoms with Crippen molar-refractivity contribution in [2.75, 3.05) is 23.7 Å². The molecule has 3 aliphatic rings. The van der Waals surface area contributed by atoms with Crippen molar-refractivity contribution in [3.8, 4) is 0 Å². The number of rotatable bonds is 4. The first kappa shape index (κ1) is 19.1. The normalized spacial score (nSPS) is 34.4. The first-order valence-electron chi connectivity index (χ1n) is 9.30. The van der Waals surface area contributed by atoms with Crippen LogP contribution in [0.1, 0.15) is 49.9 Å². The monoisotopic (exact) mass is 404 g/mol. The Morgan fingerprint density at radius 1 is 1.33 bits per heavy atom. The van der Waals surface area contributed by atoms with Gasteiger partial charge in [0.05, 0.1) is 11.4 Å². The second-order valence-corrected chi connectivity index (χ2v) is 8.74. The molecule has 0 saturated carbocycles. The van der Waals surface area contributed by atoms with E-state index < -0.39 is 23.0 Å². The minimum absolute atomic E-state index is 0.0672. The molecular formula is C17H23F3N4O2S. The number of anilines is 1. The average Bonchev–Trinajstić information content (AvgIpc) is 3.03. The van der Waals surface area contributed by atoms with Crippen molar-refractivity contribution in [3.05, 3.63) is 17.5 Å². The Bertz CT molecular complexity index is 735. The Morgan fingerprint density at radius 3 is 2.70 bits per heavy atom. The zero-order valence-electron chi connectivity index (χ0n) is 15.0. The molecule has 0 aliphatic carbocycles.